The van der Waals surface area contributed by atoms with Gasteiger partial charge >= 0.3 is 0 Å². The summed E-state index contributed by atoms with van der Waals surface area (Å²) in [7, 11) is 0. The van der Waals surface area contributed by atoms with Gasteiger partial charge in [0.05, 0.1) is 0 Å². The number of hydrogen-bond donors (Lipinski definition) is 1. The number of carbonyl (C=O) groups is 2. The summed E-state index contributed by atoms with van der Waals surface area (Å²) in [5.41, 5.74) is 0. The van der Waals surface area contributed by atoms with Gasteiger partial charge in [-0.05, 0) is 12.8 Å². The first-order chi connectivity index (χ1) is 4.83. The SMILES string of the molecule is C.O=CNC1CCC(=O)CC1. The number of nitrogens with one attached hydrogen (secondary N) is 1. The van der Waals surface area contributed by atoms with Crippen molar-refractivity contribution in [1.82, 2.24) is 5.32 Å². The van der Waals surface area contributed by atoms with Crippen LogP contribution in [-0.4, -0.2) is 18.2 Å². The third-order valence-electron chi connectivity index (χ3n) is 1.85. The zero-order chi connectivity index (χ0) is 7.40. The molecule has 0 saturated heterocycles. The van der Waals surface area contributed by atoms with E-state index in [1.807, 2.05) is 0 Å². The average Bonchev–Trinajstić information content (AvgIpc) is 1.95. The quantitative estimate of drug-likeness (QED) is 0.605. The van der Waals surface area contributed by atoms with Gasteiger partial charge in [0.1, 0.15) is 5.78 Å². The largest absolute Gasteiger partial charge is 0.356 e. The molecule has 0 aromatic rings. The van der Waals surface area contributed by atoms with Crippen LogP contribution in [-0.2, 0) is 9.59 Å². The number of hydrogen-bond acceptors (Lipinski definition) is 2. The van der Waals surface area contributed by atoms with Gasteiger partial charge in [0.15, 0.2) is 0 Å². The van der Waals surface area contributed by atoms with E-state index in [1.54, 1.807) is 0 Å². The molecule has 1 amide bonds. The van der Waals surface area contributed by atoms with Gasteiger partial charge in [0, 0.05) is 18.9 Å². The van der Waals surface area contributed by atoms with Crippen LogP contribution in [0.15, 0.2) is 0 Å². The smallest absolute Gasteiger partial charge is 0.207 e. The van der Waals surface area contributed by atoms with Crippen molar-refractivity contribution < 1.29 is 9.59 Å². The lowest BCUT2D eigenvalue weighted by atomic mass is 9.95. The molecule has 1 N–H and O–H groups in total. The van der Waals surface area contributed by atoms with E-state index < -0.39 is 0 Å². The molecule has 1 aliphatic rings. The highest BCUT2D eigenvalue weighted by molar-refractivity contribution is 5.79. The topological polar surface area (TPSA) is 46.2 Å². The first kappa shape index (κ1) is 10.1. The Morgan fingerprint density at radius 2 is 1.91 bits per heavy atom. The maximum atomic E-state index is 10.7. The molecule has 64 valence electrons. The highest BCUT2D eigenvalue weighted by atomic mass is 16.1. The summed E-state index contributed by atoms with van der Waals surface area (Å²) in [6.07, 6.45) is 3.60. The molecule has 0 aromatic carbocycles. The molecule has 0 bridgehead atoms. The van der Waals surface area contributed by atoms with Crippen LogP contribution in [0, 0.1) is 0 Å². The molecular formula is C8H15NO2. The van der Waals surface area contributed by atoms with Gasteiger partial charge in [-0.1, -0.05) is 7.43 Å². The van der Waals surface area contributed by atoms with Crippen LogP contribution in [0.3, 0.4) is 0 Å². The summed E-state index contributed by atoms with van der Waals surface area (Å²) in [6, 6.07) is 0.246. The fourth-order valence-electron chi connectivity index (χ4n) is 1.20. The highest BCUT2D eigenvalue weighted by Gasteiger charge is 2.16. The van der Waals surface area contributed by atoms with E-state index >= 15 is 0 Å². The summed E-state index contributed by atoms with van der Waals surface area (Å²) in [5.74, 6) is 0.323. The Kier molecular flexibility index (Phi) is 4.50. The Morgan fingerprint density at radius 3 is 2.36 bits per heavy atom. The third kappa shape index (κ3) is 3.16. The molecular weight excluding hydrogens is 142 g/mol. The Bertz CT molecular complexity index is 135. The van der Waals surface area contributed by atoms with E-state index in [-0.39, 0.29) is 13.5 Å². The van der Waals surface area contributed by atoms with Crippen LogP contribution in [0.25, 0.3) is 0 Å². The van der Waals surface area contributed by atoms with Crippen molar-refractivity contribution in [3.05, 3.63) is 0 Å². The van der Waals surface area contributed by atoms with Gasteiger partial charge in [-0.15, -0.1) is 0 Å². The highest BCUT2D eigenvalue weighted by Crippen LogP contribution is 2.13. The monoisotopic (exact) mass is 157 g/mol. The maximum Gasteiger partial charge on any atom is 0.207 e. The molecule has 0 heterocycles. The molecule has 0 aliphatic heterocycles. The van der Waals surface area contributed by atoms with Crippen LogP contribution < -0.4 is 5.32 Å². The number of amides is 1. The summed E-state index contributed by atoms with van der Waals surface area (Å²) >= 11 is 0. The Morgan fingerprint density at radius 1 is 1.36 bits per heavy atom. The van der Waals surface area contributed by atoms with Crippen LogP contribution in [0.2, 0.25) is 0 Å². The number of carbonyl (C=O) groups excluding carboxylic acids is 2. The van der Waals surface area contributed by atoms with Gasteiger partial charge in [-0.25, -0.2) is 0 Å². The summed E-state index contributed by atoms with van der Waals surface area (Å²) in [4.78, 5) is 20.7. The second kappa shape index (κ2) is 4.88. The molecule has 1 rings (SSSR count). The molecule has 3 nitrogen and oxygen atoms in total. The van der Waals surface area contributed by atoms with Gasteiger partial charge in [0.2, 0.25) is 6.41 Å². The summed E-state index contributed by atoms with van der Waals surface area (Å²) < 4.78 is 0. The standard InChI is InChI=1S/C7H11NO2.CH4/c9-5-8-6-1-3-7(10)4-2-6;/h5-6H,1-4H2,(H,8,9);1H4. The summed E-state index contributed by atoms with van der Waals surface area (Å²) in [5, 5.41) is 2.67. The zero-order valence-electron chi connectivity index (χ0n) is 5.80. The maximum absolute atomic E-state index is 10.7. The lowest BCUT2D eigenvalue weighted by Gasteiger charge is -2.19. The number of ketones is 1. The molecule has 0 atom stereocenters. The molecule has 11 heavy (non-hydrogen) atoms. The van der Waals surface area contributed by atoms with Crippen molar-refractivity contribution in [3.8, 4) is 0 Å². The van der Waals surface area contributed by atoms with E-state index in [9.17, 15) is 9.59 Å². The van der Waals surface area contributed by atoms with Crippen LogP contribution in [0.5, 0.6) is 0 Å². The Balaban J connectivity index is 0.000001000. The van der Waals surface area contributed by atoms with Crippen molar-refractivity contribution in [3.63, 3.8) is 0 Å². The van der Waals surface area contributed by atoms with Gasteiger partial charge in [-0.3, -0.25) is 9.59 Å². The molecule has 3 heteroatoms. The van der Waals surface area contributed by atoms with E-state index in [1.165, 1.54) is 0 Å². The Labute approximate surface area is 67.2 Å². The molecule has 1 fully saturated rings. The van der Waals surface area contributed by atoms with Crippen LogP contribution in [0.4, 0.5) is 0 Å². The van der Waals surface area contributed by atoms with Gasteiger partial charge in [-0.2, -0.15) is 0 Å². The van der Waals surface area contributed by atoms with Gasteiger partial charge < -0.3 is 5.32 Å². The lowest BCUT2D eigenvalue weighted by molar-refractivity contribution is -0.121. The first-order valence-electron chi connectivity index (χ1n) is 3.54. The predicted molar refractivity (Wildman–Crippen MR) is 43.2 cm³/mol. The average molecular weight is 157 g/mol. The Hall–Kier alpha value is -0.860. The van der Waals surface area contributed by atoms with Crippen molar-refractivity contribution in [2.45, 2.75) is 39.2 Å². The van der Waals surface area contributed by atoms with E-state index in [4.69, 9.17) is 0 Å². The normalized spacial score (nSPS) is 18.7. The molecule has 1 saturated carbocycles. The van der Waals surface area contributed by atoms with Crippen LogP contribution >= 0.6 is 0 Å². The van der Waals surface area contributed by atoms with Crippen molar-refractivity contribution in [2.75, 3.05) is 0 Å². The van der Waals surface area contributed by atoms with Crippen molar-refractivity contribution >= 4 is 12.2 Å². The van der Waals surface area contributed by atoms with E-state index in [0.717, 1.165) is 12.8 Å². The van der Waals surface area contributed by atoms with E-state index in [0.29, 0.717) is 25.0 Å². The van der Waals surface area contributed by atoms with Gasteiger partial charge in [0.25, 0.3) is 0 Å². The fraction of sp³-hybridized carbons (Fsp3) is 0.750. The molecule has 0 spiro atoms. The minimum absolute atomic E-state index is 0. The number of Topliss-reactive ketones (excluding diaryl/α,β-unsaturated/α-hetero) is 1. The first-order valence-corrected chi connectivity index (χ1v) is 3.54. The zero-order valence-corrected chi connectivity index (χ0v) is 5.80. The minimum atomic E-state index is 0. The lowest BCUT2D eigenvalue weighted by Crippen LogP contribution is -2.32. The van der Waals surface area contributed by atoms with Crippen molar-refractivity contribution in [2.24, 2.45) is 0 Å². The second-order valence-corrected chi connectivity index (χ2v) is 2.60. The molecule has 0 aromatic heterocycles. The fourth-order valence-corrected chi connectivity index (χ4v) is 1.20. The molecule has 0 radical (unpaired) electrons. The molecule has 0 unspecified atom stereocenters. The third-order valence-corrected chi connectivity index (χ3v) is 1.85. The van der Waals surface area contributed by atoms with Crippen molar-refractivity contribution in [1.29, 1.82) is 0 Å². The molecule has 1 aliphatic carbocycles. The van der Waals surface area contributed by atoms with E-state index in [2.05, 4.69) is 5.32 Å². The number of rotatable bonds is 2. The minimum Gasteiger partial charge on any atom is -0.356 e. The second-order valence-electron chi connectivity index (χ2n) is 2.60. The predicted octanol–water partition coefficient (Wildman–Crippen LogP) is 0.880. The van der Waals surface area contributed by atoms with Crippen LogP contribution in [0.1, 0.15) is 33.1 Å². The summed E-state index contributed by atoms with van der Waals surface area (Å²) in [6.45, 7) is 0.